The van der Waals surface area contributed by atoms with Crippen LogP contribution in [0.1, 0.15) is 92.1 Å². The summed E-state index contributed by atoms with van der Waals surface area (Å²) in [5.74, 6) is 5.37. The third-order valence-electron chi connectivity index (χ3n) is 14.0. The molecule has 0 atom stereocenters. The number of benzene rings is 8. The normalized spacial score (nSPS) is 14.4. The van der Waals surface area contributed by atoms with E-state index in [2.05, 4.69) is 235 Å². The van der Waals surface area contributed by atoms with E-state index in [0.717, 1.165) is 131 Å². The summed E-state index contributed by atoms with van der Waals surface area (Å²) in [6, 6.07) is 59.2. The highest BCUT2D eigenvalue weighted by molar-refractivity contribution is 5.98. The van der Waals surface area contributed by atoms with Crippen LogP contribution in [0.2, 0.25) is 0 Å². The molecule has 3 heterocycles. The van der Waals surface area contributed by atoms with Crippen LogP contribution < -0.4 is 19.1 Å². The molecule has 12 rings (SSSR count). The molecule has 8 aromatic rings. The van der Waals surface area contributed by atoms with Gasteiger partial charge >= 0.3 is 0 Å². The quantitative estimate of drug-likeness (QED) is 0.166. The van der Waals surface area contributed by atoms with Crippen molar-refractivity contribution in [3.05, 3.63) is 265 Å². The van der Waals surface area contributed by atoms with Crippen molar-refractivity contribution in [2.75, 3.05) is 4.90 Å². The van der Waals surface area contributed by atoms with E-state index in [4.69, 9.17) is 14.2 Å². The molecule has 0 unspecified atom stereocenters. The van der Waals surface area contributed by atoms with Crippen LogP contribution in [-0.2, 0) is 0 Å². The van der Waals surface area contributed by atoms with Crippen molar-refractivity contribution in [3.8, 4) is 28.7 Å². The molecular formula is C66H53NO3. The molecule has 0 saturated carbocycles. The van der Waals surface area contributed by atoms with E-state index in [0.29, 0.717) is 0 Å². The first-order chi connectivity index (χ1) is 34.1. The number of ether oxygens (including phenoxy) is 3. The van der Waals surface area contributed by atoms with Gasteiger partial charge in [-0.15, -0.1) is 0 Å². The van der Waals surface area contributed by atoms with Crippen LogP contribution in [0.5, 0.6) is 28.7 Å². The third kappa shape index (κ3) is 8.05. The van der Waals surface area contributed by atoms with Crippen molar-refractivity contribution in [3.63, 3.8) is 0 Å². The van der Waals surface area contributed by atoms with Gasteiger partial charge in [-0.2, -0.15) is 0 Å². The van der Waals surface area contributed by atoms with Crippen LogP contribution in [-0.4, -0.2) is 0 Å². The van der Waals surface area contributed by atoms with Gasteiger partial charge in [0.25, 0.3) is 0 Å². The molecule has 0 spiro atoms. The Labute approximate surface area is 411 Å². The predicted octanol–water partition coefficient (Wildman–Crippen LogP) is 17.9. The first-order valence-electron chi connectivity index (χ1n) is 24.3. The van der Waals surface area contributed by atoms with Crippen molar-refractivity contribution >= 4 is 45.9 Å². The fraction of sp³-hybridized carbons (Fsp3) is 0.121. The minimum Gasteiger partial charge on any atom is -0.460 e. The third-order valence-corrected chi connectivity index (χ3v) is 14.0. The summed E-state index contributed by atoms with van der Waals surface area (Å²) in [6.45, 7) is 12.9. The average Bonchev–Trinajstić information content (AvgIpc) is 3.70. The van der Waals surface area contributed by atoms with Gasteiger partial charge in [-0.05, 0) is 197 Å². The maximum absolute atomic E-state index is 6.66. The van der Waals surface area contributed by atoms with E-state index in [-0.39, 0.29) is 0 Å². The molecule has 0 fully saturated rings. The number of hydrogen-bond acceptors (Lipinski definition) is 4. The first kappa shape index (κ1) is 43.0. The van der Waals surface area contributed by atoms with Crippen LogP contribution in [0.3, 0.4) is 0 Å². The minimum atomic E-state index is 0.854. The molecule has 3 aliphatic heterocycles. The van der Waals surface area contributed by atoms with Crippen molar-refractivity contribution in [1.29, 1.82) is 0 Å². The van der Waals surface area contributed by atoms with Gasteiger partial charge < -0.3 is 19.1 Å². The van der Waals surface area contributed by atoms with Gasteiger partial charge in [0.05, 0.1) is 0 Å². The molecule has 0 amide bonds. The van der Waals surface area contributed by atoms with E-state index < -0.39 is 0 Å². The fourth-order valence-electron chi connectivity index (χ4n) is 10.3. The number of nitrogens with zero attached hydrogens (tertiary/aromatic N) is 1. The molecule has 0 N–H and O–H groups in total. The summed E-state index contributed by atoms with van der Waals surface area (Å²) in [4.78, 5) is 2.36. The maximum Gasteiger partial charge on any atom is 0.135 e. The Morgan fingerprint density at radius 3 is 1.10 bits per heavy atom. The van der Waals surface area contributed by atoms with Gasteiger partial charge in [0, 0.05) is 56.9 Å². The van der Waals surface area contributed by atoms with Gasteiger partial charge in [-0.1, -0.05) is 106 Å². The zero-order valence-electron chi connectivity index (χ0n) is 40.5. The molecule has 8 aromatic carbocycles. The van der Waals surface area contributed by atoms with Crippen LogP contribution in [0, 0.1) is 34.6 Å². The molecule has 0 bridgehead atoms. The molecular weight excluding hydrogens is 855 g/mol. The zero-order chi connectivity index (χ0) is 47.6. The fourth-order valence-corrected chi connectivity index (χ4v) is 10.3. The number of fused-ring (bicyclic) bond motifs is 5. The Morgan fingerprint density at radius 1 is 0.329 bits per heavy atom. The lowest BCUT2D eigenvalue weighted by molar-refractivity contribution is 0.397. The van der Waals surface area contributed by atoms with Crippen LogP contribution in [0.4, 0.5) is 17.1 Å². The highest BCUT2D eigenvalue weighted by Crippen LogP contribution is 2.46. The van der Waals surface area contributed by atoms with Crippen molar-refractivity contribution in [1.82, 2.24) is 0 Å². The first-order valence-corrected chi connectivity index (χ1v) is 24.3. The maximum atomic E-state index is 6.66. The zero-order valence-corrected chi connectivity index (χ0v) is 40.5. The SMILES string of the molecule is CC1=CC2=C(CC1)Oc1ccc(C)cc1C(c1ccc(N(c3ccc(C4=Cc5cc(C)ccc5Oc5ccc(C)cc54)cc3)c3ccc(C4=Cc5cc(C)ccc5Oc5ccc(C)cc54)cc3)cc1)=C2. The average molecular weight is 908 g/mol. The van der Waals surface area contributed by atoms with Crippen molar-refractivity contribution in [2.45, 2.75) is 54.4 Å². The largest absolute Gasteiger partial charge is 0.460 e. The number of rotatable bonds is 6. The van der Waals surface area contributed by atoms with Crippen molar-refractivity contribution < 1.29 is 14.2 Å². The van der Waals surface area contributed by atoms with E-state index in [1.165, 1.54) is 33.4 Å². The van der Waals surface area contributed by atoms with Gasteiger partial charge in [0.1, 0.15) is 34.5 Å². The summed E-state index contributed by atoms with van der Waals surface area (Å²) in [5.41, 5.74) is 23.8. The molecule has 4 nitrogen and oxygen atoms in total. The van der Waals surface area contributed by atoms with Gasteiger partial charge in [0.15, 0.2) is 0 Å². The number of anilines is 3. The smallest absolute Gasteiger partial charge is 0.135 e. The summed E-state index contributed by atoms with van der Waals surface area (Å²) in [6.07, 6.45) is 11.1. The number of hydrogen-bond donors (Lipinski definition) is 0. The summed E-state index contributed by atoms with van der Waals surface area (Å²) >= 11 is 0. The number of aryl methyl sites for hydroxylation is 5. The Bertz CT molecular complexity index is 3440. The monoisotopic (exact) mass is 907 g/mol. The van der Waals surface area contributed by atoms with Gasteiger partial charge in [-0.3, -0.25) is 0 Å². The lowest BCUT2D eigenvalue weighted by atomic mass is 9.92. The molecule has 0 radical (unpaired) electrons. The molecule has 70 heavy (non-hydrogen) atoms. The Morgan fingerprint density at radius 2 is 0.686 bits per heavy atom. The Hall–Kier alpha value is -8.34. The summed E-state index contributed by atoms with van der Waals surface area (Å²) in [7, 11) is 0. The Balaban J connectivity index is 0.975. The van der Waals surface area contributed by atoms with E-state index >= 15 is 0 Å². The number of allylic oxidation sites excluding steroid dienone is 5. The molecule has 1 aliphatic carbocycles. The lowest BCUT2D eigenvalue weighted by Gasteiger charge is -2.26. The van der Waals surface area contributed by atoms with Crippen LogP contribution >= 0.6 is 0 Å². The highest BCUT2D eigenvalue weighted by Gasteiger charge is 2.25. The summed E-state index contributed by atoms with van der Waals surface area (Å²) in [5, 5.41) is 0. The van der Waals surface area contributed by atoms with Gasteiger partial charge in [-0.25, -0.2) is 0 Å². The van der Waals surface area contributed by atoms with E-state index in [1.807, 2.05) is 0 Å². The van der Waals surface area contributed by atoms with E-state index in [1.54, 1.807) is 0 Å². The summed E-state index contributed by atoms with van der Waals surface area (Å²) < 4.78 is 19.8. The topological polar surface area (TPSA) is 30.9 Å². The Kier molecular flexibility index (Phi) is 10.6. The standard InChI is InChI=1S/C66H53NO3/c1-40-7-25-61-49(31-40)37-55(58-34-43(4)10-28-64(58)68-61)46-13-19-52(20-14-46)67(53-21-15-47(16-22-53)56-38-50-32-41(2)8-26-62(50)69-65-29-11-44(5)35-59(56)65)54-23-17-48(18-24-54)57-39-51-33-42(3)9-27-63(51)70-66-30-12-45(6)36-60(57)66/h7-8,10-26,28-39H,9,27H2,1-6H3. The van der Waals surface area contributed by atoms with Gasteiger partial charge in [0.2, 0.25) is 0 Å². The van der Waals surface area contributed by atoms with Crippen molar-refractivity contribution in [2.24, 2.45) is 0 Å². The second-order valence-corrected chi connectivity index (χ2v) is 19.4. The predicted molar refractivity (Wildman–Crippen MR) is 289 cm³/mol. The minimum absolute atomic E-state index is 0.854. The molecule has 0 aromatic heterocycles. The molecule has 4 heteroatoms. The van der Waals surface area contributed by atoms with E-state index in [9.17, 15) is 0 Å². The second-order valence-electron chi connectivity index (χ2n) is 19.4. The highest BCUT2D eigenvalue weighted by atomic mass is 16.5. The molecule has 4 aliphatic rings. The van der Waals surface area contributed by atoms with Crippen LogP contribution in [0.25, 0.3) is 28.9 Å². The van der Waals surface area contributed by atoms with Crippen LogP contribution in [0.15, 0.2) is 193 Å². The lowest BCUT2D eigenvalue weighted by Crippen LogP contribution is -2.10. The molecule has 340 valence electrons. The molecule has 0 saturated heterocycles. The second kappa shape index (κ2) is 17.3.